The van der Waals surface area contributed by atoms with E-state index in [1.54, 1.807) is 6.92 Å². The largest absolute Gasteiger partial charge is 0.474 e. The van der Waals surface area contributed by atoms with E-state index in [1.807, 2.05) is 0 Å². The molecule has 0 aliphatic heterocycles. The van der Waals surface area contributed by atoms with Gasteiger partial charge in [0.1, 0.15) is 5.69 Å². The van der Waals surface area contributed by atoms with Gasteiger partial charge in [0.05, 0.1) is 11.9 Å². The SMILES string of the molecule is Cc1cnc(-c2noc(C(=O)O)n2)cn1. The lowest BCUT2D eigenvalue weighted by Gasteiger charge is -1.92. The fourth-order valence-corrected chi connectivity index (χ4v) is 0.922. The Morgan fingerprint density at radius 2 is 2.20 bits per heavy atom. The molecule has 0 aliphatic carbocycles. The molecule has 0 radical (unpaired) electrons. The normalized spacial score (nSPS) is 10.2. The fourth-order valence-electron chi connectivity index (χ4n) is 0.922. The first-order valence-corrected chi connectivity index (χ1v) is 4.03. The van der Waals surface area contributed by atoms with E-state index in [1.165, 1.54) is 12.4 Å². The van der Waals surface area contributed by atoms with Crippen LogP contribution in [0.4, 0.5) is 0 Å². The summed E-state index contributed by atoms with van der Waals surface area (Å²) in [6.45, 7) is 1.79. The Labute approximate surface area is 83.8 Å². The number of aromatic nitrogens is 4. The Bertz CT molecular complexity index is 491. The van der Waals surface area contributed by atoms with E-state index in [0.29, 0.717) is 5.69 Å². The van der Waals surface area contributed by atoms with Gasteiger partial charge in [-0.15, -0.1) is 0 Å². The maximum Gasteiger partial charge on any atom is 0.394 e. The number of carbonyl (C=O) groups is 1. The van der Waals surface area contributed by atoms with E-state index in [4.69, 9.17) is 5.11 Å². The van der Waals surface area contributed by atoms with E-state index < -0.39 is 11.9 Å². The molecule has 76 valence electrons. The third-order valence-corrected chi connectivity index (χ3v) is 1.62. The van der Waals surface area contributed by atoms with Crippen LogP contribution in [-0.2, 0) is 0 Å². The number of rotatable bonds is 2. The molecule has 0 bridgehead atoms. The molecule has 1 N–H and O–H groups in total. The molecule has 0 amide bonds. The van der Waals surface area contributed by atoms with Gasteiger partial charge in [-0.3, -0.25) is 4.98 Å². The van der Waals surface area contributed by atoms with Crippen molar-refractivity contribution in [2.24, 2.45) is 0 Å². The van der Waals surface area contributed by atoms with Crippen molar-refractivity contribution in [3.8, 4) is 11.5 Å². The number of carboxylic acid groups (broad SMARTS) is 1. The van der Waals surface area contributed by atoms with Crippen LogP contribution in [0.1, 0.15) is 16.4 Å². The molecule has 0 atom stereocenters. The molecule has 0 spiro atoms. The van der Waals surface area contributed by atoms with Crippen LogP contribution in [-0.4, -0.2) is 31.2 Å². The van der Waals surface area contributed by atoms with Gasteiger partial charge >= 0.3 is 11.9 Å². The molecule has 0 saturated heterocycles. The van der Waals surface area contributed by atoms with Crippen molar-refractivity contribution in [3.63, 3.8) is 0 Å². The molecule has 2 aromatic rings. The van der Waals surface area contributed by atoms with Crippen molar-refractivity contribution < 1.29 is 14.4 Å². The predicted octanol–water partition coefficient (Wildman–Crippen LogP) is 0.533. The van der Waals surface area contributed by atoms with Gasteiger partial charge in [0.15, 0.2) is 0 Å². The van der Waals surface area contributed by atoms with Crippen LogP contribution in [0.2, 0.25) is 0 Å². The zero-order valence-electron chi connectivity index (χ0n) is 7.71. The van der Waals surface area contributed by atoms with Gasteiger partial charge in [0.25, 0.3) is 0 Å². The maximum absolute atomic E-state index is 10.5. The molecule has 0 unspecified atom stereocenters. The highest BCUT2D eigenvalue weighted by Gasteiger charge is 2.15. The highest BCUT2D eigenvalue weighted by Crippen LogP contribution is 2.11. The summed E-state index contributed by atoms with van der Waals surface area (Å²) in [6.07, 6.45) is 2.98. The van der Waals surface area contributed by atoms with Crippen LogP contribution in [0, 0.1) is 6.92 Å². The van der Waals surface area contributed by atoms with E-state index in [9.17, 15) is 4.79 Å². The first kappa shape index (κ1) is 9.25. The summed E-state index contributed by atoms with van der Waals surface area (Å²) in [4.78, 5) is 22.1. The molecule has 7 heteroatoms. The van der Waals surface area contributed by atoms with Gasteiger partial charge in [-0.25, -0.2) is 9.78 Å². The summed E-state index contributed by atoms with van der Waals surface area (Å²) >= 11 is 0. The second-order valence-corrected chi connectivity index (χ2v) is 2.77. The lowest BCUT2D eigenvalue weighted by atomic mass is 10.4. The third-order valence-electron chi connectivity index (χ3n) is 1.62. The molecular weight excluding hydrogens is 200 g/mol. The fraction of sp³-hybridized carbons (Fsp3) is 0.125. The van der Waals surface area contributed by atoms with Crippen LogP contribution >= 0.6 is 0 Å². The van der Waals surface area contributed by atoms with E-state index in [2.05, 4.69) is 24.6 Å². The standard InChI is InChI=1S/C8H6N4O3/c1-4-2-10-5(3-9-4)6-11-7(8(13)14)15-12-6/h2-3H,1H3,(H,13,14). The minimum absolute atomic E-state index is 0.111. The highest BCUT2D eigenvalue weighted by molar-refractivity contribution is 5.82. The van der Waals surface area contributed by atoms with Crippen molar-refractivity contribution in [2.75, 3.05) is 0 Å². The molecule has 0 saturated carbocycles. The van der Waals surface area contributed by atoms with Crippen molar-refractivity contribution >= 4 is 5.97 Å². The number of aryl methyl sites for hydroxylation is 1. The number of hydrogen-bond acceptors (Lipinski definition) is 6. The Hall–Kier alpha value is -2.31. The molecule has 0 aromatic carbocycles. The van der Waals surface area contributed by atoms with Crippen LogP contribution < -0.4 is 0 Å². The molecule has 7 nitrogen and oxygen atoms in total. The predicted molar refractivity (Wildman–Crippen MR) is 47.0 cm³/mol. The minimum Gasteiger partial charge on any atom is -0.474 e. The second-order valence-electron chi connectivity index (χ2n) is 2.77. The zero-order chi connectivity index (χ0) is 10.8. The van der Waals surface area contributed by atoms with Gasteiger partial charge in [0.2, 0.25) is 5.82 Å². The van der Waals surface area contributed by atoms with Crippen molar-refractivity contribution in [1.29, 1.82) is 0 Å². The number of nitrogens with zero attached hydrogens (tertiary/aromatic N) is 4. The third kappa shape index (κ3) is 1.80. The Balaban J connectivity index is 2.37. The van der Waals surface area contributed by atoms with E-state index in [0.717, 1.165) is 5.69 Å². The van der Waals surface area contributed by atoms with Crippen LogP contribution in [0.25, 0.3) is 11.5 Å². The van der Waals surface area contributed by atoms with Gasteiger partial charge < -0.3 is 9.63 Å². The summed E-state index contributed by atoms with van der Waals surface area (Å²) in [7, 11) is 0. The molecule has 2 aromatic heterocycles. The summed E-state index contributed by atoms with van der Waals surface area (Å²) in [5.41, 5.74) is 1.12. The molecule has 0 aliphatic rings. The number of aromatic carboxylic acids is 1. The van der Waals surface area contributed by atoms with Crippen molar-refractivity contribution in [1.82, 2.24) is 20.1 Å². The maximum atomic E-state index is 10.5. The van der Waals surface area contributed by atoms with Crippen molar-refractivity contribution in [2.45, 2.75) is 6.92 Å². The van der Waals surface area contributed by atoms with E-state index >= 15 is 0 Å². The second kappa shape index (κ2) is 3.45. The van der Waals surface area contributed by atoms with Gasteiger partial charge in [-0.2, -0.15) is 4.98 Å². The highest BCUT2D eigenvalue weighted by atomic mass is 16.5. The zero-order valence-corrected chi connectivity index (χ0v) is 7.71. The monoisotopic (exact) mass is 206 g/mol. The van der Waals surface area contributed by atoms with Crippen LogP contribution in [0.5, 0.6) is 0 Å². The van der Waals surface area contributed by atoms with Gasteiger partial charge in [-0.1, -0.05) is 5.16 Å². The topological polar surface area (TPSA) is 102 Å². The number of carboxylic acids is 1. The van der Waals surface area contributed by atoms with E-state index in [-0.39, 0.29) is 5.82 Å². The molecule has 15 heavy (non-hydrogen) atoms. The average molecular weight is 206 g/mol. The van der Waals surface area contributed by atoms with Gasteiger partial charge in [0, 0.05) is 6.20 Å². The number of hydrogen-bond donors (Lipinski definition) is 1. The molecule has 2 rings (SSSR count). The lowest BCUT2D eigenvalue weighted by Crippen LogP contribution is -1.96. The first-order chi connectivity index (χ1) is 7.16. The smallest absolute Gasteiger partial charge is 0.394 e. The lowest BCUT2D eigenvalue weighted by molar-refractivity contribution is 0.0643. The van der Waals surface area contributed by atoms with Crippen LogP contribution in [0.3, 0.4) is 0 Å². The first-order valence-electron chi connectivity index (χ1n) is 4.03. The van der Waals surface area contributed by atoms with Crippen LogP contribution in [0.15, 0.2) is 16.9 Å². The Kier molecular flexibility index (Phi) is 2.13. The summed E-state index contributed by atoms with van der Waals surface area (Å²) < 4.78 is 4.48. The summed E-state index contributed by atoms with van der Waals surface area (Å²) in [5.74, 6) is -1.62. The minimum atomic E-state index is -1.27. The summed E-state index contributed by atoms with van der Waals surface area (Å²) in [5, 5.41) is 12.0. The Morgan fingerprint density at radius 1 is 1.40 bits per heavy atom. The van der Waals surface area contributed by atoms with Crippen molar-refractivity contribution in [3.05, 3.63) is 24.0 Å². The quantitative estimate of drug-likeness (QED) is 0.764. The summed E-state index contributed by atoms with van der Waals surface area (Å²) in [6, 6.07) is 0. The molecule has 2 heterocycles. The average Bonchev–Trinajstić information content (AvgIpc) is 2.68. The molecular formula is C8H6N4O3. The molecule has 0 fully saturated rings. The van der Waals surface area contributed by atoms with Gasteiger partial charge in [-0.05, 0) is 6.92 Å². The Morgan fingerprint density at radius 3 is 2.73 bits per heavy atom.